The third-order valence-corrected chi connectivity index (χ3v) is 9.70. The van der Waals surface area contributed by atoms with Crippen molar-refractivity contribution in [3.05, 3.63) is 182 Å². The van der Waals surface area contributed by atoms with E-state index in [0.717, 1.165) is 88.7 Å². The quantitative estimate of drug-likeness (QED) is 0.179. The van der Waals surface area contributed by atoms with Gasteiger partial charge in [0.1, 0.15) is 16.7 Å². The fourth-order valence-corrected chi connectivity index (χ4v) is 7.30. The van der Waals surface area contributed by atoms with E-state index in [0.29, 0.717) is 5.89 Å². The number of fused-ring (bicyclic) bond motifs is 6. The van der Waals surface area contributed by atoms with Gasteiger partial charge in [0.05, 0.1) is 5.56 Å². The third kappa shape index (κ3) is 4.96. The maximum Gasteiger partial charge on any atom is 0.231 e. The number of nitrogens with zero attached hydrogens (tertiary/aromatic N) is 2. The number of rotatable bonds is 6. The van der Waals surface area contributed by atoms with E-state index in [9.17, 15) is 0 Å². The van der Waals surface area contributed by atoms with Gasteiger partial charge in [-0.1, -0.05) is 121 Å². The lowest BCUT2D eigenvalue weighted by molar-refractivity contribution is 0.615. The minimum absolute atomic E-state index is 0.554. The molecule has 2 aromatic heterocycles. The zero-order chi connectivity index (χ0) is 33.7. The number of hydrogen-bond acceptors (Lipinski definition) is 4. The SMILES string of the molecule is c1ccc(N(c2ccccc2)c2ccc(-c3ccc(-c4cccc5oc6c(-c7nc8ccccc8o7)cc7ccccc7c6c45)cc3)cc2)cc1. The third-order valence-electron chi connectivity index (χ3n) is 9.70. The molecule has 0 saturated carbocycles. The van der Waals surface area contributed by atoms with E-state index in [2.05, 4.69) is 144 Å². The molecule has 0 aliphatic carbocycles. The molecule has 0 atom stereocenters. The fourth-order valence-electron chi connectivity index (χ4n) is 7.30. The summed E-state index contributed by atoms with van der Waals surface area (Å²) in [7, 11) is 0. The Labute approximate surface area is 294 Å². The van der Waals surface area contributed by atoms with Crippen molar-refractivity contribution in [3.8, 4) is 33.7 Å². The highest BCUT2D eigenvalue weighted by atomic mass is 16.4. The first-order valence-corrected chi connectivity index (χ1v) is 17.1. The van der Waals surface area contributed by atoms with Gasteiger partial charge in [-0.2, -0.15) is 0 Å². The highest BCUT2D eigenvalue weighted by molar-refractivity contribution is 6.25. The highest BCUT2D eigenvalue weighted by Gasteiger charge is 2.22. The minimum Gasteiger partial charge on any atom is -0.455 e. The van der Waals surface area contributed by atoms with Gasteiger partial charge < -0.3 is 13.7 Å². The van der Waals surface area contributed by atoms with Crippen molar-refractivity contribution >= 4 is 60.9 Å². The molecule has 4 nitrogen and oxygen atoms in total. The van der Waals surface area contributed by atoms with Gasteiger partial charge in [0.25, 0.3) is 0 Å². The molecule has 4 heteroatoms. The van der Waals surface area contributed by atoms with Crippen LogP contribution in [-0.4, -0.2) is 4.98 Å². The predicted octanol–water partition coefficient (Wildman–Crippen LogP) is 13.4. The van der Waals surface area contributed by atoms with Crippen LogP contribution in [0.25, 0.3) is 77.5 Å². The van der Waals surface area contributed by atoms with Crippen molar-refractivity contribution in [2.75, 3.05) is 4.90 Å². The molecule has 2 heterocycles. The van der Waals surface area contributed by atoms with Gasteiger partial charge in [0.2, 0.25) is 5.89 Å². The second-order valence-corrected chi connectivity index (χ2v) is 12.7. The summed E-state index contributed by atoms with van der Waals surface area (Å²) in [6.07, 6.45) is 0. The zero-order valence-electron chi connectivity index (χ0n) is 27.5. The van der Waals surface area contributed by atoms with Crippen molar-refractivity contribution in [3.63, 3.8) is 0 Å². The summed E-state index contributed by atoms with van der Waals surface area (Å²) < 4.78 is 13.0. The lowest BCUT2D eigenvalue weighted by Gasteiger charge is -2.25. The zero-order valence-corrected chi connectivity index (χ0v) is 27.5. The Morgan fingerprint density at radius 1 is 0.412 bits per heavy atom. The van der Waals surface area contributed by atoms with Gasteiger partial charge in [-0.3, -0.25) is 0 Å². The largest absolute Gasteiger partial charge is 0.455 e. The lowest BCUT2D eigenvalue weighted by Crippen LogP contribution is -2.09. The second kappa shape index (κ2) is 11.9. The normalized spacial score (nSPS) is 11.5. The first kappa shape index (κ1) is 29.0. The highest BCUT2D eigenvalue weighted by Crippen LogP contribution is 2.45. The molecule has 10 rings (SSSR count). The summed E-state index contributed by atoms with van der Waals surface area (Å²) in [4.78, 5) is 7.13. The van der Waals surface area contributed by atoms with Crippen molar-refractivity contribution in [1.82, 2.24) is 4.98 Å². The summed E-state index contributed by atoms with van der Waals surface area (Å²) in [6.45, 7) is 0. The molecule has 0 radical (unpaired) electrons. The Kier molecular flexibility index (Phi) is 6.78. The lowest BCUT2D eigenvalue weighted by atomic mass is 9.94. The maximum absolute atomic E-state index is 6.69. The van der Waals surface area contributed by atoms with Gasteiger partial charge in [-0.25, -0.2) is 4.98 Å². The molecule has 0 aliphatic rings. The van der Waals surface area contributed by atoms with Crippen LogP contribution in [0.2, 0.25) is 0 Å². The van der Waals surface area contributed by atoms with Gasteiger partial charge in [0.15, 0.2) is 5.58 Å². The van der Waals surface area contributed by atoms with Crippen LogP contribution in [0.15, 0.2) is 191 Å². The van der Waals surface area contributed by atoms with E-state index in [1.54, 1.807) is 0 Å². The van der Waals surface area contributed by atoms with Gasteiger partial charge in [-0.05, 0) is 93.7 Å². The standard InChI is InChI=1S/C47H30N2O2/c1-3-13-35(14-4-1)49(36-15-5-2-6-16-36)37-28-26-32(27-29-37)31-22-24-33(25-23-31)38-18-11-21-43-44(38)45-39-17-8-7-12-34(39)30-40(46(45)50-43)47-48-41-19-9-10-20-42(41)51-47/h1-30H. The molecule has 0 spiro atoms. The Balaban J connectivity index is 1.06. The van der Waals surface area contributed by atoms with Gasteiger partial charge >= 0.3 is 0 Å². The molecule has 0 amide bonds. The van der Waals surface area contributed by atoms with Crippen LogP contribution in [0, 0.1) is 0 Å². The summed E-state index contributed by atoms with van der Waals surface area (Å²) >= 11 is 0. The molecule has 0 fully saturated rings. The van der Waals surface area contributed by atoms with Crippen molar-refractivity contribution < 1.29 is 8.83 Å². The predicted molar refractivity (Wildman–Crippen MR) is 210 cm³/mol. The molecular weight excluding hydrogens is 625 g/mol. The number of anilines is 3. The molecule has 51 heavy (non-hydrogen) atoms. The summed E-state index contributed by atoms with van der Waals surface area (Å²) in [5.41, 5.74) is 11.9. The van der Waals surface area contributed by atoms with Gasteiger partial charge in [0, 0.05) is 27.8 Å². The van der Waals surface area contributed by atoms with Crippen molar-refractivity contribution in [2.45, 2.75) is 0 Å². The molecule has 0 aliphatic heterocycles. The Bertz CT molecular complexity index is 2760. The molecule has 240 valence electrons. The first-order chi connectivity index (χ1) is 25.3. The number of furan rings is 1. The number of oxazole rings is 1. The fraction of sp³-hybridized carbons (Fsp3) is 0. The Morgan fingerprint density at radius 3 is 1.73 bits per heavy atom. The second-order valence-electron chi connectivity index (χ2n) is 12.7. The molecule has 0 N–H and O–H groups in total. The average molecular weight is 655 g/mol. The topological polar surface area (TPSA) is 42.4 Å². The van der Waals surface area contributed by atoms with Crippen LogP contribution < -0.4 is 4.90 Å². The molecule has 0 bridgehead atoms. The number of para-hydroxylation sites is 4. The van der Waals surface area contributed by atoms with E-state index < -0.39 is 0 Å². The molecule has 10 aromatic rings. The Hall–Kier alpha value is -6.91. The summed E-state index contributed by atoms with van der Waals surface area (Å²) in [5, 5.41) is 4.39. The van der Waals surface area contributed by atoms with Crippen LogP contribution in [-0.2, 0) is 0 Å². The molecular formula is C47H30N2O2. The van der Waals surface area contributed by atoms with Crippen LogP contribution in [0.5, 0.6) is 0 Å². The molecule has 0 saturated heterocycles. The number of hydrogen-bond donors (Lipinski definition) is 0. The first-order valence-electron chi connectivity index (χ1n) is 17.1. The molecule has 0 unspecified atom stereocenters. The van der Waals surface area contributed by atoms with Crippen LogP contribution >= 0.6 is 0 Å². The smallest absolute Gasteiger partial charge is 0.231 e. The monoisotopic (exact) mass is 654 g/mol. The van der Waals surface area contributed by atoms with E-state index >= 15 is 0 Å². The summed E-state index contributed by atoms with van der Waals surface area (Å²) in [5.74, 6) is 0.554. The van der Waals surface area contributed by atoms with Gasteiger partial charge in [-0.15, -0.1) is 0 Å². The van der Waals surface area contributed by atoms with Crippen molar-refractivity contribution in [1.29, 1.82) is 0 Å². The number of benzene rings is 8. The maximum atomic E-state index is 6.69. The van der Waals surface area contributed by atoms with Crippen LogP contribution in [0.4, 0.5) is 17.1 Å². The Morgan fingerprint density at radius 2 is 1.00 bits per heavy atom. The van der Waals surface area contributed by atoms with Crippen molar-refractivity contribution in [2.24, 2.45) is 0 Å². The molecule has 8 aromatic carbocycles. The van der Waals surface area contributed by atoms with E-state index in [1.807, 2.05) is 42.5 Å². The number of aromatic nitrogens is 1. The van der Waals surface area contributed by atoms with E-state index in [4.69, 9.17) is 13.8 Å². The average Bonchev–Trinajstić information content (AvgIpc) is 3.82. The van der Waals surface area contributed by atoms with E-state index in [-0.39, 0.29) is 0 Å². The van der Waals surface area contributed by atoms with E-state index in [1.165, 1.54) is 0 Å². The van der Waals surface area contributed by atoms with Crippen LogP contribution in [0.1, 0.15) is 0 Å². The minimum atomic E-state index is 0.554. The van der Waals surface area contributed by atoms with Crippen LogP contribution in [0.3, 0.4) is 0 Å². The summed E-state index contributed by atoms with van der Waals surface area (Å²) in [6, 6.07) is 63.4.